The van der Waals surface area contributed by atoms with E-state index in [2.05, 4.69) is 344 Å². The normalized spacial score (nSPS) is 12.4. The van der Waals surface area contributed by atoms with Crippen molar-refractivity contribution >= 4 is 178 Å². The Morgan fingerprint density at radius 2 is 1.05 bits per heavy atom. The van der Waals surface area contributed by atoms with Crippen molar-refractivity contribution < 1.29 is 56.8 Å². The fraction of sp³-hybridized carbons (Fsp3) is 0.0337. The third kappa shape index (κ3) is 10.5. The van der Waals surface area contributed by atoms with Crippen LogP contribution in [0.15, 0.2) is 323 Å². The van der Waals surface area contributed by atoms with Crippen molar-refractivity contribution in [2.75, 3.05) is 26.7 Å². The number of anilines is 9. The fourth-order valence-electron chi connectivity index (χ4n) is 16.1. The molecule has 22 rings (SSSR count). The molecule has 508 valence electrons. The molecule has 19 heteroatoms. The Morgan fingerprint density at radius 1 is 0.463 bits per heavy atom. The second-order valence-corrected chi connectivity index (χ2v) is 31.4. The number of aromatic nitrogens is 8. The number of pyridine rings is 2. The Hall–Kier alpha value is -12.5. The molecule has 9 aromatic heterocycles. The number of hydrogen-bond acceptors (Lipinski definition) is 11. The van der Waals surface area contributed by atoms with Crippen LogP contribution in [0.3, 0.4) is 0 Å². The van der Waals surface area contributed by atoms with Crippen LogP contribution in [0.1, 0.15) is 0 Å². The summed E-state index contributed by atoms with van der Waals surface area (Å²) < 4.78 is 30.7. The van der Waals surface area contributed by atoms with Gasteiger partial charge in [0.05, 0.1) is 64.9 Å². The number of para-hydroxylation sites is 6. The molecule has 0 spiro atoms. The van der Waals surface area contributed by atoms with Crippen molar-refractivity contribution in [1.82, 2.24) is 33.3 Å². The minimum atomic E-state index is -1.61. The Labute approximate surface area is 648 Å². The number of benzene rings is 11. The van der Waals surface area contributed by atoms with E-state index < -0.39 is 17.9 Å². The van der Waals surface area contributed by atoms with Gasteiger partial charge in [0, 0.05) is 109 Å². The van der Waals surface area contributed by atoms with Gasteiger partial charge in [-0.3, -0.25) is 0 Å². The molecule has 11 aromatic carbocycles. The monoisotopic (exact) mass is 1530 g/mol. The molecular weight excluding hydrogens is 1470 g/mol. The molecule has 0 fully saturated rings. The maximum atomic E-state index is 6.88. The first kappa shape index (κ1) is 66.2. The summed E-state index contributed by atoms with van der Waals surface area (Å²) in [7, 11) is 3.11. The van der Waals surface area contributed by atoms with Crippen LogP contribution in [0.5, 0.6) is 0 Å². The van der Waals surface area contributed by atoms with Gasteiger partial charge in [-0.2, -0.15) is 9.97 Å². The molecule has 2 aliphatic rings. The Bertz CT molecular complexity index is 6790. The number of nitrogens with zero attached hydrogens (tertiary/aromatic N) is 11. The van der Waals surface area contributed by atoms with Crippen LogP contribution in [0.2, 0.25) is 0 Å². The average molecular weight is 1530 g/mol. The minimum absolute atomic E-state index is 0. The van der Waals surface area contributed by atoms with E-state index in [1.165, 1.54) is 31.6 Å². The Balaban J connectivity index is 0.000000145. The average Bonchev–Trinajstić information content (AvgIpc) is 1.52. The fourth-order valence-corrected chi connectivity index (χ4v) is 21.6. The van der Waals surface area contributed by atoms with Gasteiger partial charge in [-0.1, -0.05) is 211 Å². The van der Waals surface area contributed by atoms with Crippen molar-refractivity contribution in [3.8, 4) is 28.5 Å². The maximum Gasteiger partial charge on any atom is 0.309 e. The Kier molecular flexibility index (Phi) is 16.3. The third-order valence-electron chi connectivity index (χ3n) is 20.7. The van der Waals surface area contributed by atoms with E-state index in [4.69, 9.17) is 33.2 Å². The van der Waals surface area contributed by atoms with Gasteiger partial charge in [-0.25, -0.2) is 19.4 Å². The van der Waals surface area contributed by atoms with E-state index in [0.29, 0.717) is 17.6 Å². The second-order valence-electron chi connectivity index (χ2n) is 26.8. The summed E-state index contributed by atoms with van der Waals surface area (Å²) in [5, 5.41) is 15.4. The zero-order chi connectivity index (χ0) is 70.3. The van der Waals surface area contributed by atoms with Crippen molar-refractivity contribution in [3.63, 3.8) is 0 Å². The van der Waals surface area contributed by atoms with Gasteiger partial charge in [0.2, 0.25) is 17.9 Å². The molecule has 2 radical (unpaired) electrons. The number of oxazole rings is 2. The largest absolute Gasteiger partial charge is 0.535 e. The molecule has 0 unspecified atom stereocenters. The van der Waals surface area contributed by atoms with Crippen LogP contribution in [0.4, 0.5) is 51.6 Å². The van der Waals surface area contributed by atoms with Crippen molar-refractivity contribution in [2.45, 2.75) is 0 Å². The van der Waals surface area contributed by atoms with Gasteiger partial charge >= 0.3 is 12.0 Å². The molecule has 0 atom stereocenters. The Morgan fingerprint density at radius 3 is 1.78 bits per heavy atom. The first-order valence-corrected chi connectivity index (χ1v) is 38.2. The molecule has 2 aliphatic heterocycles. The van der Waals surface area contributed by atoms with Gasteiger partial charge < -0.3 is 41.4 Å². The molecule has 20 aromatic rings. The van der Waals surface area contributed by atoms with Crippen LogP contribution >= 0.6 is 0 Å². The molecule has 0 aliphatic carbocycles. The first-order valence-electron chi connectivity index (χ1n) is 35.3. The molecule has 0 bridgehead atoms. The van der Waals surface area contributed by atoms with E-state index >= 15 is 0 Å². The predicted octanol–water partition coefficient (Wildman–Crippen LogP) is 17.8. The molecule has 108 heavy (non-hydrogen) atoms. The summed E-state index contributed by atoms with van der Waals surface area (Å²) in [5.41, 5.74) is 19.8. The summed E-state index contributed by atoms with van der Waals surface area (Å²) >= 11 is 0. The molecule has 0 saturated carbocycles. The molecule has 0 amide bonds. The molecule has 1 N–H and O–H groups in total. The summed E-state index contributed by atoms with van der Waals surface area (Å²) in [6, 6.07) is 107. The molecular formula is C89H61N12O3Si2Zn2-. The zero-order valence-electron chi connectivity index (χ0n) is 59.0. The van der Waals surface area contributed by atoms with Crippen molar-refractivity contribution in [3.05, 3.63) is 316 Å². The quantitative estimate of drug-likeness (QED) is 0.0797. The summed E-state index contributed by atoms with van der Waals surface area (Å²) in [6.45, 7) is 0. The summed E-state index contributed by atoms with van der Waals surface area (Å²) in [4.78, 5) is 25.8. The SMILES string of the molecule is CN1c2ccccc2N(c2nc3c4c(ccc3o2)Nc2ccccc2N4[Si](c2ccccc2)c2ccccc2)c2nc(-c3cn(C)c4c3[cH-]c[n+]4C)ccc21.[Zn].[Zn].[c-]1coc2cccc(-c3ccc4c5ccccc5n(-c5nc6c(ccc7c8ccccc8n([Si](c8ccccc8)c8ccccc8)c76)o5)c4n3)c12. The number of aryl methyl sites for hydroxylation is 2. The number of nitrogens with one attached hydrogen (secondary N) is 1. The minimum Gasteiger partial charge on any atom is -0.535 e. The van der Waals surface area contributed by atoms with Crippen LogP contribution in [0.25, 0.3) is 116 Å². The predicted molar refractivity (Wildman–Crippen MR) is 429 cm³/mol. The van der Waals surface area contributed by atoms with Crippen molar-refractivity contribution in [2.24, 2.45) is 14.1 Å². The summed E-state index contributed by atoms with van der Waals surface area (Å²) in [6.07, 6.45) is 5.86. The van der Waals surface area contributed by atoms with Crippen LogP contribution in [-0.4, -0.2) is 58.3 Å². The maximum absolute atomic E-state index is 6.88. The van der Waals surface area contributed by atoms with Gasteiger partial charge in [0.25, 0.3) is 0 Å². The molecule has 0 saturated heterocycles. The number of hydrogen-bond donors (Lipinski definition) is 1. The van der Waals surface area contributed by atoms with Crippen molar-refractivity contribution in [1.29, 1.82) is 0 Å². The zero-order valence-corrected chi connectivity index (χ0v) is 66.9. The second kappa shape index (κ2) is 26.5. The number of furan rings is 1. The van der Waals surface area contributed by atoms with E-state index in [0.717, 1.165) is 140 Å². The van der Waals surface area contributed by atoms with Gasteiger partial charge in [0.1, 0.15) is 16.7 Å². The van der Waals surface area contributed by atoms with E-state index in [-0.39, 0.29) is 39.0 Å². The topological polar surface area (TPSA) is 131 Å². The van der Waals surface area contributed by atoms with E-state index in [9.17, 15) is 0 Å². The first-order chi connectivity index (χ1) is 52.3. The van der Waals surface area contributed by atoms with E-state index in [1.807, 2.05) is 24.3 Å². The number of rotatable bonds is 10. The third-order valence-corrected chi connectivity index (χ3v) is 26.1. The molecule has 11 heterocycles. The smallest absolute Gasteiger partial charge is 0.309 e. The van der Waals surface area contributed by atoms with Crippen LogP contribution in [-0.2, 0) is 53.1 Å². The van der Waals surface area contributed by atoms with E-state index in [1.54, 1.807) is 6.26 Å². The summed E-state index contributed by atoms with van der Waals surface area (Å²) in [5.74, 6) is 0.755. The van der Waals surface area contributed by atoms with Gasteiger partial charge in [0.15, 0.2) is 22.6 Å². The van der Waals surface area contributed by atoms with Gasteiger partial charge in [-0.05, 0) is 106 Å². The molecule has 15 nitrogen and oxygen atoms in total. The van der Waals surface area contributed by atoms with Crippen LogP contribution in [0, 0.1) is 6.07 Å². The number of fused-ring (bicyclic) bond motifs is 16. The van der Waals surface area contributed by atoms with Crippen LogP contribution < -0.4 is 45.0 Å². The van der Waals surface area contributed by atoms with Gasteiger partial charge in [-0.15, -0.1) is 23.6 Å². The standard InChI is InChI=1S/C45H35N8OSi.C44H26N4O2Si.2Zn/c1-49-27-26-31-32(28-50(2)44(31)49)33-22-24-39-43(47-33)52(38-21-13-12-20-37(38)51(39)3)45-48-41-40(54-45)25-23-35-42(41)53(36-19-11-10-18-34(36)46-35)55(29-14-6-4-7-15-29)30-16-8-5-9-17-30;1-3-12-28(13-4-1)51(29-14-5-2-6-15-29)48-38-20-10-8-16-31(38)34-23-25-40-41(42(34)48)46-44(50-40)47-37-19-9-7-17-32(37)35-22-24-36(45-43(35)47)30-18-11-21-39-33(30)26-27-49-39;;/h4-28,46H,1-3H3;1-25,27H;;/q;-1;;.